The fourth-order valence-electron chi connectivity index (χ4n) is 2.34. The summed E-state index contributed by atoms with van der Waals surface area (Å²) in [5, 5.41) is 0. The Bertz CT molecular complexity index is 822. The standard InChI is InChI=1S/C15H13F2N3/c1-8-4-3-5-12(9(8)2)20-14-11(19-15(20)18)7-6-10(16)13(14)17/h3-7H,1-2H3,(H2,18,19). The average molecular weight is 273 g/mol. The molecule has 20 heavy (non-hydrogen) atoms. The molecule has 0 atom stereocenters. The number of rotatable bonds is 1. The van der Waals surface area contributed by atoms with E-state index in [0.29, 0.717) is 11.2 Å². The Morgan fingerprint density at radius 1 is 1.10 bits per heavy atom. The van der Waals surface area contributed by atoms with Crippen LogP contribution in [-0.4, -0.2) is 9.55 Å². The van der Waals surface area contributed by atoms with Crippen LogP contribution in [0, 0.1) is 25.5 Å². The molecule has 102 valence electrons. The fourth-order valence-corrected chi connectivity index (χ4v) is 2.34. The van der Waals surface area contributed by atoms with Crippen molar-refractivity contribution >= 4 is 17.0 Å². The number of aromatic nitrogens is 2. The van der Waals surface area contributed by atoms with Crippen molar-refractivity contribution in [3.05, 3.63) is 53.1 Å². The molecule has 1 heterocycles. The third kappa shape index (κ3) is 1.66. The monoisotopic (exact) mass is 273 g/mol. The van der Waals surface area contributed by atoms with Crippen molar-refractivity contribution in [3.8, 4) is 5.69 Å². The van der Waals surface area contributed by atoms with E-state index in [1.807, 2.05) is 32.0 Å². The van der Waals surface area contributed by atoms with Crippen molar-refractivity contribution in [3.63, 3.8) is 0 Å². The summed E-state index contributed by atoms with van der Waals surface area (Å²) in [6.07, 6.45) is 0. The van der Waals surface area contributed by atoms with Crippen LogP contribution in [0.5, 0.6) is 0 Å². The van der Waals surface area contributed by atoms with Crippen molar-refractivity contribution in [2.45, 2.75) is 13.8 Å². The SMILES string of the molecule is Cc1cccc(-n2c(N)nc3ccc(F)c(F)c32)c1C. The quantitative estimate of drug-likeness (QED) is 0.737. The van der Waals surface area contributed by atoms with Crippen LogP contribution in [0.3, 0.4) is 0 Å². The Morgan fingerprint density at radius 3 is 2.60 bits per heavy atom. The molecule has 0 aliphatic rings. The van der Waals surface area contributed by atoms with Crippen molar-refractivity contribution in [1.82, 2.24) is 9.55 Å². The van der Waals surface area contributed by atoms with E-state index in [1.165, 1.54) is 10.6 Å². The molecule has 2 aromatic carbocycles. The smallest absolute Gasteiger partial charge is 0.206 e. The first-order valence-corrected chi connectivity index (χ1v) is 6.19. The topological polar surface area (TPSA) is 43.8 Å². The van der Waals surface area contributed by atoms with Gasteiger partial charge in [0.25, 0.3) is 0 Å². The van der Waals surface area contributed by atoms with Gasteiger partial charge in [-0.05, 0) is 43.2 Å². The maximum absolute atomic E-state index is 14.1. The van der Waals surface area contributed by atoms with Crippen LogP contribution < -0.4 is 5.73 Å². The number of nitrogen functional groups attached to an aromatic ring is 1. The van der Waals surface area contributed by atoms with Crippen molar-refractivity contribution in [2.75, 3.05) is 5.73 Å². The summed E-state index contributed by atoms with van der Waals surface area (Å²) < 4.78 is 29.0. The Balaban J connectivity index is 2.45. The van der Waals surface area contributed by atoms with Crippen LogP contribution in [-0.2, 0) is 0 Å². The van der Waals surface area contributed by atoms with Gasteiger partial charge in [-0.15, -0.1) is 0 Å². The van der Waals surface area contributed by atoms with Gasteiger partial charge in [-0.1, -0.05) is 12.1 Å². The van der Waals surface area contributed by atoms with Crippen LogP contribution in [0.4, 0.5) is 14.7 Å². The molecule has 0 saturated heterocycles. The highest BCUT2D eigenvalue weighted by Crippen LogP contribution is 2.29. The van der Waals surface area contributed by atoms with Crippen LogP contribution >= 0.6 is 0 Å². The van der Waals surface area contributed by atoms with E-state index in [9.17, 15) is 8.78 Å². The van der Waals surface area contributed by atoms with Crippen LogP contribution in [0.15, 0.2) is 30.3 Å². The predicted molar refractivity (Wildman–Crippen MR) is 74.9 cm³/mol. The van der Waals surface area contributed by atoms with E-state index in [0.717, 1.165) is 17.2 Å². The zero-order valence-corrected chi connectivity index (χ0v) is 11.1. The number of nitrogens with zero attached hydrogens (tertiary/aromatic N) is 2. The molecular formula is C15H13F2N3. The average Bonchev–Trinajstić information content (AvgIpc) is 2.75. The van der Waals surface area contributed by atoms with E-state index in [2.05, 4.69) is 4.98 Å². The second-order valence-corrected chi connectivity index (χ2v) is 4.75. The number of imidazole rings is 1. The van der Waals surface area contributed by atoms with Crippen LogP contribution in [0.2, 0.25) is 0 Å². The molecule has 0 radical (unpaired) electrons. The summed E-state index contributed by atoms with van der Waals surface area (Å²) in [6.45, 7) is 3.86. The van der Waals surface area contributed by atoms with Gasteiger partial charge in [0.2, 0.25) is 5.95 Å². The normalized spacial score (nSPS) is 11.2. The summed E-state index contributed by atoms with van der Waals surface area (Å²) >= 11 is 0. The first kappa shape index (κ1) is 12.6. The van der Waals surface area contributed by atoms with Gasteiger partial charge < -0.3 is 5.73 Å². The summed E-state index contributed by atoms with van der Waals surface area (Å²) in [5.74, 6) is -1.71. The lowest BCUT2D eigenvalue weighted by atomic mass is 10.1. The zero-order chi connectivity index (χ0) is 14.4. The van der Waals surface area contributed by atoms with E-state index in [-0.39, 0.29) is 11.5 Å². The Hall–Kier alpha value is -2.43. The van der Waals surface area contributed by atoms with Gasteiger partial charge in [0, 0.05) is 0 Å². The molecule has 2 N–H and O–H groups in total. The largest absolute Gasteiger partial charge is 0.369 e. The third-order valence-corrected chi connectivity index (χ3v) is 3.55. The molecule has 0 aliphatic heterocycles. The minimum atomic E-state index is -0.937. The molecule has 0 saturated carbocycles. The molecule has 1 aromatic heterocycles. The van der Waals surface area contributed by atoms with Gasteiger partial charge in [0.1, 0.15) is 5.52 Å². The zero-order valence-electron chi connectivity index (χ0n) is 11.1. The maximum atomic E-state index is 14.1. The lowest BCUT2D eigenvalue weighted by Crippen LogP contribution is -2.04. The first-order chi connectivity index (χ1) is 9.50. The van der Waals surface area contributed by atoms with Gasteiger partial charge in [-0.25, -0.2) is 13.8 Å². The molecule has 3 nitrogen and oxygen atoms in total. The number of hydrogen-bond donors (Lipinski definition) is 1. The van der Waals surface area contributed by atoms with Gasteiger partial charge in [0.15, 0.2) is 11.6 Å². The lowest BCUT2D eigenvalue weighted by molar-refractivity contribution is 0.514. The van der Waals surface area contributed by atoms with Gasteiger partial charge in [0.05, 0.1) is 11.2 Å². The number of nitrogens with two attached hydrogens (primary N) is 1. The first-order valence-electron chi connectivity index (χ1n) is 6.19. The molecule has 0 amide bonds. The summed E-state index contributed by atoms with van der Waals surface area (Å²) in [7, 11) is 0. The lowest BCUT2D eigenvalue weighted by Gasteiger charge is -2.12. The summed E-state index contributed by atoms with van der Waals surface area (Å²) in [6, 6.07) is 8.08. The van der Waals surface area contributed by atoms with Gasteiger partial charge in [-0.3, -0.25) is 4.57 Å². The number of hydrogen-bond acceptors (Lipinski definition) is 2. The van der Waals surface area contributed by atoms with Crippen LogP contribution in [0.25, 0.3) is 16.7 Å². The van der Waals surface area contributed by atoms with E-state index >= 15 is 0 Å². The highest BCUT2D eigenvalue weighted by Gasteiger charge is 2.18. The minimum absolute atomic E-state index is 0.0659. The number of benzene rings is 2. The second-order valence-electron chi connectivity index (χ2n) is 4.75. The molecule has 0 unspecified atom stereocenters. The van der Waals surface area contributed by atoms with E-state index in [4.69, 9.17) is 5.73 Å². The predicted octanol–water partition coefficient (Wildman–Crippen LogP) is 3.50. The van der Waals surface area contributed by atoms with Crippen molar-refractivity contribution < 1.29 is 8.78 Å². The Labute approximate surface area is 114 Å². The third-order valence-electron chi connectivity index (χ3n) is 3.55. The van der Waals surface area contributed by atoms with E-state index < -0.39 is 11.6 Å². The van der Waals surface area contributed by atoms with Gasteiger partial charge in [-0.2, -0.15) is 0 Å². The molecule has 0 aliphatic carbocycles. The molecular weight excluding hydrogens is 260 g/mol. The molecule has 3 rings (SSSR count). The summed E-state index contributed by atoms with van der Waals surface area (Å²) in [5.41, 5.74) is 8.98. The molecule has 5 heteroatoms. The fraction of sp³-hybridized carbons (Fsp3) is 0.133. The van der Waals surface area contributed by atoms with Gasteiger partial charge >= 0.3 is 0 Å². The molecule has 3 aromatic rings. The number of aryl methyl sites for hydroxylation is 1. The molecule has 0 fully saturated rings. The van der Waals surface area contributed by atoms with E-state index in [1.54, 1.807) is 0 Å². The van der Waals surface area contributed by atoms with Crippen molar-refractivity contribution in [1.29, 1.82) is 0 Å². The second kappa shape index (κ2) is 4.30. The van der Waals surface area contributed by atoms with Crippen molar-refractivity contribution in [2.24, 2.45) is 0 Å². The summed E-state index contributed by atoms with van der Waals surface area (Å²) in [4.78, 5) is 4.10. The maximum Gasteiger partial charge on any atom is 0.206 e. The number of anilines is 1. The minimum Gasteiger partial charge on any atom is -0.369 e. The Kier molecular flexibility index (Phi) is 2.71. The number of halogens is 2. The Morgan fingerprint density at radius 2 is 1.85 bits per heavy atom. The molecule has 0 spiro atoms. The highest BCUT2D eigenvalue weighted by atomic mass is 19.2. The molecule has 0 bridgehead atoms. The number of fused-ring (bicyclic) bond motifs is 1. The highest BCUT2D eigenvalue weighted by molar-refractivity contribution is 5.82. The van der Waals surface area contributed by atoms with Crippen LogP contribution in [0.1, 0.15) is 11.1 Å².